The lowest BCUT2D eigenvalue weighted by Gasteiger charge is -2.21. The summed E-state index contributed by atoms with van der Waals surface area (Å²) in [6, 6.07) is 14.5. The molecule has 130 valence electrons. The first-order valence-corrected chi connectivity index (χ1v) is 7.48. The predicted octanol–water partition coefficient (Wildman–Crippen LogP) is 3.60. The normalized spacial score (nSPS) is 13.6. The molecule has 24 heavy (non-hydrogen) atoms. The smallest absolute Gasteiger partial charge is 0.193 e. The summed E-state index contributed by atoms with van der Waals surface area (Å²) in [6.07, 6.45) is 0. The standard InChI is InChI=1S/C17H20ClN3O2.HI/c1-17(22,12-6-4-3-5-7-12)11-20-16(19)21-13-8-9-15(23-2)14(18)10-13;/h3-10,22H,11H2,1-2H3,(H3,19,20,21);1H. The van der Waals surface area contributed by atoms with Gasteiger partial charge in [-0.2, -0.15) is 0 Å². The number of nitrogens with two attached hydrogens (primary N) is 1. The molecule has 0 aliphatic heterocycles. The van der Waals surface area contributed by atoms with Crippen molar-refractivity contribution in [2.75, 3.05) is 19.0 Å². The lowest BCUT2D eigenvalue weighted by molar-refractivity contribution is 0.0674. The van der Waals surface area contributed by atoms with Crippen molar-refractivity contribution in [2.45, 2.75) is 12.5 Å². The van der Waals surface area contributed by atoms with Gasteiger partial charge in [0.1, 0.15) is 11.4 Å². The molecule has 0 amide bonds. The van der Waals surface area contributed by atoms with Crippen LogP contribution in [0.25, 0.3) is 0 Å². The lowest BCUT2D eigenvalue weighted by Crippen LogP contribution is -2.29. The van der Waals surface area contributed by atoms with Crippen LogP contribution < -0.4 is 15.8 Å². The van der Waals surface area contributed by atoms with Gasteiger partial charge in [0.15, 0.2) is 5.96 Å². The van der Waals surface area contributed by atoms with Crippen molar-refractivity contribution in [1.29, 1.82) is 0 Å². The molecular formula is C17H21ClIN3O2. The Morgan fingerprint density at radius 2 is 1.96 bits per heavy atom. The molecule has 1 unspecified atom stereocenters. The summed E-state index contributed by atoms with van der Waals surface area (Å²) in [6.45, 7) is 1.84. The largest absolute Gasteiger partial charge is 0.495 e. The van der Waals surface area contributed by atoms with Gasteiger partial charge in [-0.1, -0.05) is 41.9 Å². The van der Waals surface area contributed by atoms with Crippen LogP contribution in [-0.4, -0.2) is 24.7 Å². The molecule has 0 saturated carbocycles. The molecule has 5 nitrogen and oxygen atoms in total. The molecule has 0 bridgehead atoms. The van der Waals surface area contributed by atoms with Gasteiger partial charge in [-0.15, -0.1) is 24.0 Å². The average Bonchev–Trinajstić information content (AvgIpc) is 2.54. The molecule has 0 spiro atoms. The summed E-state index contributed by atoms with van der Waals surface area (Å²) >= 11 is 6.06. The predicted molar refractivity (Wildman–Crippen MR) is 110 cm³/mol. The number of hydrogen-bond acceptors (Lipinski definition) is 3. The number of anilines is 1. The molecule has 0 aromatic heterocycles. The van der Waals surface area contributed by atoms with Crippen molar-refractivity contribution >= 4 is 47.2 Å². The third-order valence-corrected chi connectivity index (χ3v) is 3.67. The number of rotatable bonds is 5. The van der Waals surface area contributed by atoms with Crippen LogP contribution in [0.2, 0.25) is 5.02 Å². The number of hydrogen-bond donors (Lipinski definition) is 3. The number of nitrogens with one attached hydrogen (secondary N) is 1. The number of aliphatic imine (C=N–C) groups is 1. The third-order valence-electron chi connectivity index (χ3n) is 3.38. The molecule has 2 aromatic carbocycles. The van der Waals surface area contributed by atoms with E-state index < -0.39 is 5.60 Å². The first-order valence-electron chi connectivity index (χ1n) is 7.11. The van der Waals surface area contributed by atoms with Gasteiger partial charge in [0.25, 0.3) is 0 Å². The summed E-state index contributed by atoms with van der Waals surface area (Å²) < 4.78 is 5.09. The van der Waals surface area contributed by atoms with E-state index in [1.165, 1.54) is 0 Å². The molecule has 7 heteroatoms. The zero-order valence-electron chi connectivity index (χ0n) is 13.5. The number of halogens is 2. The van der Waals surface area contributed by atoms with Crippen LogP contribution >= 0.6 is 35.6 Å². The highest BCUT2D eigenvalue weighted by atomic mass is 127. The first-order chi connectivity index (χ1) is 10.9. The Morgan fingerprint density at radius 1 is 1.29 bits per heavy atom. The van der Waals surface area contributed by atoms with E-state index in [1.54, 1.807) is 32.2 Å². The molecule has 0 aliphatic carbocycles. The molecule has 0 fully saturated rings. The second kappa shape index (κ2) is 9.10. The second-order valence-electron chi connectivity index (χ2n) is 5.32. The lowest BCUT2D eigenvalue weighted by atomic mass is 9.96. The van der Waals surface area contributed by atoms with E-state index in [-0.39, 0.29) is 36.5 Å². The van der Waals surface area contributed by atoms with Crippen LogP contribution in [0.1, 0.15) is 12.5 Å². The quantitative estimate of drug-likeness (QED) is 0.361. The van der Waals surface area contributed by atoms with Gasteiger partial charge in [-0.3, -0.25) is 0 Å². The van der Waals surface area contributed by atoms with E-state index in [0.29, 0.717) is 16.5 Å². The van der Waals surface area contributed by atoms with E-state index >= 15 is 0 Å². The minimum atomic E-state index is -1.09. The molecule has 0 heterocycles. The van der Waals surface area contributed by atoms with Crippen molar-refractivity contribution in [2.24, 2.45) is 10.7 Å². The van der Waals surface area contributed by atoms with Gasteiger partial charge in [0.05, 0.1) is 18.7 Å². The Balaban J connectivity index is 0.00000288. The van der Waals surface area contributed by atoms with Crippen molar-refractivity contribution in [3.63, 3.8) is 0 Å². The van der Waals surface area contributed by atoms with E-state index in [0.717, 1.165) is 5.56 Å². The number of methoxy groups -OCH3 is 1. The van der Waals surface area contributed by atoms with E-state index in [1.807, 2.05) is 30.3 Å². The monoisotopic (exact) mass is 461 g/mol. The Bertz CT molecular complexity index is 693. The van der Waals surface area contributed by atoms with Crippen molar-refractivity contribution in [3.8, 4) is 5.75 Å². The summed E-state index contributed by atoms with van der Waals surface area (Å²) in [5, 5.41) is 13.9. The highest BCUT2D eigenvalue weighted by Gasteiger charge is 2.22. The van der Waals surface area contributed by atoms with Crippen LogP contribution in [0, 0.1) is 0 Å². The van der Waals surface area contributed by atoms with Crippen LogP contribution in [-0.2, 0) is 5.60 Å². The Labute approximate surface area is 163 Å². The molecule has 2 aromatic rings. The van der Waals surface area contributed by atoms with Crippen LogP contribution in [0.3, 0.4) is 0 Å². The highest BCUT2D eigenvalue weighted by Crippen LogP contribution is 2.27. The Morgan fingerprint density at radius 3 is 2.54 bits per heavy atom. The number of guanidine groups is 1. The molecule has 1 atom stereocenters. The maximum absolute atomic E-state index is 10.5. The van der Waals surface area contributed by atoms with E-state index in [9.17, 15) is 5.11 Å². The number of nitrogens with zero attached hydrogens (tertiary/aromatic N) is 1. The van der Waals surface area contributed by atoms with Crippen LogP contribution in [0.4, 0.5) is 5.69 Å². The van der Waals surface area contributed by atoms with E-state index in [4.69, 9.17) is 22.1 Å². The minimum Gasteiger partial charge on any atom is -0.495 e. The fourth-order valence-electron chi connectivity index (χ4n) is 2.06. The van der Waals surface area contributed by atoms with Gasteiger partial charge in [-0.05, 0) is 30.7 Å². The molecule has 0 radical (unpaired) electrons. The Kier molecular flexibility index (Phi) is 7.78. The van der Waals surface area contributed by atoms with Gasteiger partial charge in [-0.25, -0.2) is 4.99 Å². The first kappa shape index (κ1) is 20.5. The van der Waals surface area contributed by atoms with Crippen LogP contribution in [0.5, 0.6) is 5.75 Å². The minimum absolute atomic E-state index is 0. The summed E-state index contributed by atoms with van der Waals surface area (Å²) in [5.74, 6) is 0.780. The second-order valence-corrected chi connectivity index (χ2v) is 5.72. The SMILES string of the molecule is COc1ccc(NC(N)=NCC(C)(O)c2ccccc2)cc1Cl.I. The van der Waals surface area contributed by atoms with Crippen molar-refractivity contribution in [3.05, 3.63) is 59.1 Å². The molecule has 0 aliphatic rings. The molecule has 4 N–H and O–H groups in total. The number of benzene rings is 2. The fraction of sp³-hybridized carbons (Fsp3) is 0.235. The number of aliphatic hydroxyl groups is 1. The maximum atomic E-state index is 10.5. The summed E-state index contributed by atoms with van der Waals surface area (Å²) in [4.78, 5) is 4.20. The summed E-state index contributed by atoms with van der Waals surface area (Å²) in [5.41, 5.74) is 6.25. The third kappa shape index (κ3) is 5.54. The molecule has 2 rings (SSSR count). The number of ether oxygens (including phenoxy) is 1. The summed E-state index contributed by atoms with van der Waals surface area (Å²) in [7, 11) is 1.55. The average molecular weight is 462 g/mol. The van der Waals surface area contributed by atoms with Gasteiger partial charge < -0.3 is 20.9 Å². The maximum Gasteiger partial charge on any atom is 0.193 e. The van der Waals surface area contributed by atoms with Crippen LogP contribution in [0.15, 0.2) is 53.5 Å². The van der Waals surface area contributed by atoms with E-state index in [2.05, 4.69) is 10.3 Å². The fourth-order valence-corrected chi connectivity index (χ4v) is 2.32. The Hall–Kier alpha value is -1.51. The molecule has 0 saturated heterocycles. The molecular weight excluding hydrogens is 441 g/mol. The zero-order valence-corrected chi connectivity index (χ0v) is 16.6. The van der Waals surface area contributed by atoms with Gasteiger partial charge in [0.2, 0.25) is 0 Å². The highest BCUT2D eigenvalue weighted by molar-refractivity contribution is 14.0. The van der Waals surface area contributed by atoms with Crippen molar-refractivity contribution < 1.29 is 9.84 Å². The zero-order chi connectivity index (χ0) is 16.9. The van der Waals surface area contributed by atoms with Gasteiger partial charge in [0, 0.05) is 5.69 Å². The van der Waals surface area contributed by atoms with Crippen molar-refractivity contribution in [1.82, 2.24) is 0 Å². The topological polar surface area (TPSA) is 79.9 Å². The van der Waals surface area contributed by atoms with Gasteiger partial charge >= 0.3 is 0 Å².